The largest absolute Gasteiger partial charge is 0.262 e. The van der Waals surface area contributed by atoms with Crippen LogP contribution in [-0.4, -0.2) is 10.7 Å². The number of hydrogen-bond acceptors (Lipinski definition) is 2. The van der Waals surface area contributed by atoms with Gasteiger partial charge in [-0.1, -0.05) is 25.1 Å². The molecule has 1 aromatic heterocycles. The standard InChI is InChI=1S/C15H20N2/c1-6-14-9-8-13(10-17-14)15(11(3)4)12(5)16-7-2/h7-10H,2,6H2,1,3-5H3. The molecule has 0 aliphatic carbocycles. The Kier molecular flexibility index (Phi) is 4.83. The van der Waals surface area contributed by atoms with E-state index in [0.29, 0.717) is 0 Å². The summed E-state index contributed by atoms with van der Waals surface area (Å²) in [5.41, 5.74) is 5.59. The van der Waals surface area contributed by atoms with Crippen LogP contribution in [-0.2, 0) is 6.42 Å². The molecule has 0 atom stereocenters. The van der Waals surface area contributed by atoms with Crippen LogP contribution in [0.15, 0.2) is 41.7 Å². The van der Waals surface area contributed by atoms with Crippen LogP contribution in [0.2, 0.25) is 0 Å². The third-order valence-electron chi connectivity index (χ3n) is 2.62. The van der Waals surface area contributed by atoms with Gasteiger partial charge in [0.1, 0.15) is 0 Å². The van der Waals surface area contributed by atoms with Crippen molar-refractivity contribution in [2.24, 2.45) is 4.99 Å². The van der Waals surface area contributed by atoms with Crippen molar-refractivity contribution in [3.05, 3.63) is 47.9 Å². The van der Waals surface area contributed by atoms with Crippen LogP contribution in [0.4, 0.5) is 0 Å². The first-order valence-electron chi connectivity index (χ1n) is 5.88. The van der Waals surface area contributed by atoms with Crippen LogP contribution >= 0.6 is 0 Å². The predicted molar refractivity (Wildman–Crippen MR) is 75.2 cm³/mol. The molecule has 2 nitrogen and oxygen atoms in total. The Morgan fingerprint density at radius 3 is 2.47 bits per heavy atom. The van der Waals surface area contributed by atoms with Crippen LogP contribution in [0.3, 0.4) is 0 Å². The molecule has 1 aromatic rings. The summed E-state index contributed by atoms with van der Waals surface area (Å²) >= 11 is 0. The molecule has 0 saturated carbocycles. The van der Waals surface area contributed by atoms with Crippen molar-refractivity contribution in [1.29, 1.82) is 0 Å². The lowest BCUT2D eigenvalue weighted by Crippen LogP contribution is -2.00. The number of allylic oxidation sites excluding steroid dienone is 2. The minimum absolute atomic E-state index is 0.962. The summed E-state index contributed by atoms with van der Waals surface area (Å²) in [6, 6.07) is 4.18. The first kappa shape index (κ1) is 13.4. The highest BCUT2D eigenvalue weighted by atomic mass is 14.7. The molecule has 0 saturated heterocycles. The molecule has 1 rings (SSSR count). The van der Waals surface area contributed by atoms with E-state index in [1.165, 1.54) is 5.57 Å². The van der Waals surface area contributed by atoms with E-state index in [2.05, 4.69) is 49.5 Å². The summed E-state index contributed by atoms with van der Waals surface area (Å²) in [5, 5.41) is 0. The average molecular weight is 228 g/mol. The summed E-state index contributed by atoms with van der Waals surface area (Å²) in [5.74, 6) is 0. The van der Waals surface area contributed by atoms with Crippen molar-refractivity contribution < 1.29 is 0 Å². The average Bonchev–Trinajstić information content (AvgIpc) is 2.30. The van der Waals surface area contributed by atoms with E-state index in [9.17, 15) is 0 Å². The second kappa shape index (κ2) is 6.14. The van der Waals surface area contributed by atoms with Crippen LogP contribution in [0.5, 0.6) is 0 Å². The monoisotopic (exact) mass is 228 g/mol. The number of aliphatic imine (C=N–C) groups is 1. The van der Waals surface area contributed by atoms with Gasteiger partial charge in [0.05, 0.1) is 0 Å². The normalized spacial score (nSPS) is 11.2. The molecule has 1 heterocycles. The van der Waals surface area contributed by atoms with Gasteiger partial charge in [0.2, 0.25) is 0 Å². The Morgan fingerprint density at radius 1 is 1.35 bits per heavy atom. The fourth-order valence-electron chi connectivity index (χ4n) is 1.84. The quantitative estimate of drug-likeness (QED) is 0.714. The van der Waals surface area contributed by atoms with Gasteiger partial charge in [-0.15, -0.1) is 0 Å². The van der Waals surface area contributed by atoms with E-state index in [4.69, 9.17) is 0 Å². The fraction of sp³-hybridized carbons (Fsp3) is 0.333. The van der Waals surface area contributed by atoms with Crippen LogP contribution in [0.25, 0.3) is 5.57 Å². The molecule has 90 valence electrons. The number of nitrogens with zero attached hydrogens (tertiary/aromatic N) is 2. The highest BCUT2D eigenvalue weighted by Crippen LogP contribution is 2.20. The van der Waals surface area contributed by atoms with E-state index in [-0.39, 0.29) is 0 Å². The molecule has 17 heavy (non-hydrogen) atoms. The summed E-state index contributed by atoms with van der Waals surface area (Å²) in [7, 11) is 0. The molecule has 0 N–H and O–H groups in total. The van der Waals surface area contributed by atoms with Gasteiger partial charge >= 0.3 is 0 Å². The summed E-state index contributed by atoms with van der Waals surface area (Å²) < 4.78 is 0. The number of aryl methyl sites for hydroxylation is 1. The maximum Gasteiger partial charge on any atom is 0.0450 e. The lowest BCUT2D eigenvalue weighted by molar-refractivity contribution is 1.03. The van der Waals surface area contributed by atoms with Crippen molar-refractivity contribution in [2.45, 2.75) is 34.1 Å². The van der Waals surface area contributed by atoms with Crippen molar-refractivity contribution in [3.63, 3.8) is 0 Å². The third-order valence-corrected chi connectivity index (χ3v) is 2.62. The molecule has 0 radical (unpaired) electrons. The maximum absolute atomic E-state index is 4.43. The summed E-state index contributed by atoms with van der Waals surface area (Å²) in [6.45, 7) is 11.9. The van der Waals surface area contributed by atoms with Gasteiger partial charge in [0.25, 0.3) is 0 Å². The lowest BCUT2D eigenvalue weighted by atomic mass is 9.99. The Labute approximate surface area is 104 Å². The molecule has 0 amide bonds. The fourth-order valence-corrected chi connectivity index (χ4v) is 1.84. The van der Waals surface area contributed by atoms with Gasteiger partial charge < -0.3 is 0 Å². The second-order valence-corrected chi connectivity index (χ2v) is 4.16. The highest BCUT2D eigenvalue weighted by Gasteiger charge is 2.07. The van der Waals surface area contributed by atoms with Crippen LogP contribution in [0.1, 0.15) is 39.0 Å². The second-order valence-electron chi connectivity index (χ2n) is 4.16. The zero-order valence-electron chi connectivity index (χ0n) is 11.1. The maximum atomic E-state index is 4.43. The SMILES string of the molecule is C=CN=C(C)C(=C(C)C)c1ccc(CC)nc1. The zero-order valence-corrected chi connectivity index (χ0v) is 11.1. The van der Waals surface area contributed by atoms with Gasteiger partial charge in [-0.2, -0.15) is 0 Å². The Morgan fingerprint density at radius 2 is 2.06 bits per heavy atom. The van der Waals surface area contributed by atoms with Crippen molar-refractivity contribution in [1.82, 2.24) is 4.98 Å². The third kappa shape index (κ3) is 3.38. The topological polar surface area (TPSA) is 25.2 Å². The van der Waals surface area contributed by atoms with Gasteiger partial charge in [-0.05, 0) is 33.3 Å². The Balaban J connectivity index is 3.21. The van der Waals surface area contributed by atoms with Crippen molar-refractivity contribution >= 4 is 11.3 Å². The molecule has 0 spiro atoms. The number of pyridine rings is 1. The summed E-state index contributed by atoms with van der Waals surface area (Å²) in [6.07, 6.45) is 4.46. The van der Waals surface area contributed by atoms with Crippen LogP contribution in [0, 0.1) is 0 Å². The van der Waals surface area contributed by atoms with E-state index in [1.54, 1.807) is 6.20 Å². The number of hydrogen-bond donors (Lipinski definition) is 0. The minimum atomic E-state index is 0.962. The first-order valence-corrected chi connectivity index (χ1v) is 5.88. The first-order chi connectivity index (χ1) is 8.10. The predicted octanol–water partition coefficient (Wildman–Crippen LogP) is 4.04. The number of aromatic nitrogens is 1. The number of rotatable bonds is 4. The van der Waals surface area contributed by atoms with Gasteiger partial charge in [-0.3, -0.25) is 9.98 Å². The Hall–Kier alpha value is -1.70. The molecule has 2 heteroatoms. The molecular formula is C15H20N2. The van der Waals surface area contributed by atoms with E-state index >= 15 is 0 Å². The van der Waals surface area contributed by atoms with Crippen molar-refractivity contribution in [2.75, 3.05) is 0 Å². The highest BCUT2D eigenvalue weighted by molar-refractivity contribution is 6.23. The Bertz CT molecular complexity index is 446. The van der Waals surface area contributed by atoms with E-state index < -0.39 is 0 Å². The smallest absolute Gasteiger partial charge is 0.0450 e. The molecule has 0 fully saturated rings. The molecule has 0 unspecified atom stereocenters. The molecule has 0 aromatic carbocycles. The van der Waals surface area contributed by atoms with Crippen molar-refractivity contribution in [3.8, 4) is 0 Å². The summed E-state index contributed by atoms with van der Waals surface area (Å²) in [4.78, 5) is 8.69. The molecule has 0 bridgehead atoms. The van der Waals surface area contributed by atoms with Gasteiger partial charge in [0.15, 0.2) is 0 Å². The van der Waals surface area contributed by atoms with E-state index in [0.717, 1.165) is 29.0 Å². The van der Waals surface area contributed by atoms with Crippen LogP contribution < -0.4 is 0 Å². The van der Waals surface area contributed by atoms with Gasteiger partial charge in [0, 0.05) is 34.9 Å². The minimum Gasteiger partial charge on any atom is -0.262 e. The zero-order chi connectivity index (χ0) is 12.8. The van der Waals surface area contributed by atoms with Gasteiger partial charge in [-0.25, -0.2) is 0 Å². The molecule has 0 aliphatic rings. The van der Waals surface area contributed by atoms with E-state index in [1.807, 2.05) is 13.1 Å². The lowest BCUT2D eigenvalue weighted by Gasteiger charge is -2.10. The molecular weight excluding hydrogens is 208 g/mol. The molecule has 0 aliphatic heterocycles.